The molecule has 29 heavy (non-hydrogen) atoms. The summed E-state index contributed by atoms with van der Waals surface area (Å²) in [4.78, 5) is 29.0. The van der Waals surface area contributed by atoms with E-state index in [2.05, 4.69) is 37.9 Å². The highest BCUT2D eigenvalue weighted by molar-refractivity contribution is 6.02. The molecule has 0 spiro atoms. The molecule has 2 aliphatic rings. The van der Waals surface area contributed by atoms with Crippen LogP contribution in [0.5, 0.6) is 5.75 Å². The molecule has 0 bridgehead atoms. The Labute approximate surface area is 174 Å². The second-order valence-electron chi connectivity index (χ2n) is 9.29. The maximum atomic E-state index is 12.5. The van der Waals surface area contributed by atoms with Crippen LogP contribution in [0, 0.1) is 0 Å². The molecule has 0 unspecified atom stereocenters. The fraction of sp³-hybridized carbons (Fsp3) is 0.652. The number of hydrogen-bond acceptors (Lipinski definition) is 4. The Morgan fingerprint density at radius 3 is 2.79 bits per heavy atom. The van der Waals surface area contributed by atoms with E-state index in [4.69, 9.17) is 4.74 Å². The van der Waals surface area contributed by atoms with Crippen LogP contribution in [-0.4, -0.2) is 55.5 Å². The third-order valence-electron chi connectivity index (χ3n) is 5.95. The lowest BCUT2D eigenvalue weighted by Crippen LogP contribution is -2.45. The van der Waals surface area contributed by atoms with Crippen molar-refractivity contribution in [3.63, 3.8) is 0 Å². The van der Waals surface area contributed by atoms with Crippen LogP contribution in [0.4, 0.5) is 5.69 Å². The summed E-state index contributed by atoms with van der Waals surface area (Å²) >= 11 is 0. The lowest BCUT2D eigenvalue weighted by atomic mass is 9.86. The average molecular weight is 402 g/mol. The first-order valence-corrected chi connectivity index (χ1v) is 10.8. The van der Waals surface area contributed by atoms with Gasteiger partial charge < -0.3 is 15.0 Å². The van der Waals surface area contributed by atoms with Crippen LogP contribution in [0.15, 0.2) is 18.2 Å². The van der Waals surface area contributed by atoms with Crippen LogP contribution in [0.3, 0.4) is 0 Å². The Morgan fingerprint density at radius 2 is 2.07 bits per heavy atom. The molecule has 2 amide bonds. The molecule has 2 heterocycles. The van der Waals surface area contributed by atoms with Crippen LogP contribution in [0.2, 0.25) is 0 Å². The number of amides is 2. The van der Waals surface area contributed by atoms with Gasteiger partial charge in [-0.2, -0.15) is 0 Å². The first-order valence-electron chi connectivity index (χ1n) is 10.8. The zero-order valence-electron chi connectivity index (χ0n) is 18.3. The first-order chi connectivity index (χ1) is 13.8. The summed E-state index contributed by atoms with van der Waals surface area (Å²) in [5.41, 5.74) is 1.75. The highest BCUT2D eigenvalue weighted by atomic mass is 16.5. The van der Waals surface area contributed by atoms with Gasteiger partial charge in [0.05, 0.1) is 5.69 Å². The van der Waals surface area contributed by atoms with Gasteiger partial charge in [0.15, 0.2) is 6.61 Å². The maximum absolute atomic E-state index is 12.5. The highest BCUT2D eigenvalue weighted by Gasteiger charge is 2.29. The third kappa shape index (κ3) is 5.50. The predicted octanol–water partition coefficient (Wildman–Crippen LogP) is 3.09. The Morgan fingerprint density at radius 1 is 1.28 bits per heavy atom. The molecule has 0 radical (unpaired) electrons. The zero-order valence-corrected chi connectivity index (χ0v) is 18.3. The van der Waals surface area contributed by atoms with Gasteiger partial charge in [0.25, 0.3) is 5.91 Å². The number of piperidine rings is 1. The van der Waals surface area contributed by atoms with E-state index >= 15 is 0 Å². The van der Waals surface area contributed by atoms with Crippen LogP contribution in [-0.2, 0) is 15.0 Å². The molecule has 1 aromatic rings. The summed E-state index contributed by atoms with van der Waals surface area (Å²) in [5, 5.41) is 2.98. The number of hydrogen-bond donors (Lipinski definition) is 1. The van der Waals surface area contributed by atoms with Crippen LogP contribution in [0.25, 0.3) is 0 Å². The minimum Gasteiger partial charge on any atom is -0.482 e. The summed E-state index contributed by atoms with van der Waals surface area (Å²) in [6.07, 6.45) is 4.78. The number of carbonyl (C=O) groups excluding carboxylic acids is 2. The number of benzene rings is 1. The van der Waals surface area contributed by atoms with Crippen molar-refractivity contribution < 1.29 is 14.3 Å². The number of anilines is 1. The van der Waals surface area contributed by atoms with Gasteiger partial charge >= 0.3 is 0 Å². The Kier molecular flexibility index (Phi) is 6.83. The molecule has 2 aliphatic heterocycles. The molecule has 160 valence electrons. The molecule has 0 aromatic heterocycles. The summed E-state index contributed by atoms with van der Waals surface area (Å²) in [7, 11) is 0. The number of fused-ring (bicyclic) bond motifs is 1. The number of nitrogens with zero attached hydrogens (tertiary/aromatic N) is 2. The van der Waals surface area contributed by atoms with Crippen molar-refractivity contribution in [2.24, 2.45) is 0 Å². The van der Waals surface area contributed by atoms with E-state index in [-0.39, 0.29) is 30.4 Å². The monoisotopic (exact) mass is 401 g/mol. The van der Waals surface area contributed by atoms with Gasteiger partial charge in [0.1, 0.15) is 12.3 Å². The molecule has 6 heteroatoms. The Balaban J connectivity index is 1.55. The molecule has 1 aromatic carbocycles. The quantitative estimate of drug-likeness (QED) is 0.744. The lowest BCUT2D eigenvalue weighted by molar-refractivity contribution is -0.125. The minimum atomic E-state index is -0.180. The van der Waals surface area contributed by atoms with Crippen molar-refractivity contribution >= 4 is 17.5 Å². The summed E-state index contributed by atoms with van der Waals surface area (Å²) in [6, 6.07) is 6.53. The van der Waals surface area contributed by atoms with Crippen molar-refractivity contribution in [1.29, 1.82) is 0 Å². The van der Waals surface area contributed by atoms with Gasteiger partial charge in [-0.25, -0.2) is 0 Å². The van der Waals surface area contributed by atoms with E-state index in [1.807, 2.05) is 18.2 Å². The summed E-state index contributed by atoms with van der Waals surface area (Å²) in [6.45, 7) is 11.5. The van der Waals surface area contributed by atoms with Gasteiger partial charge in [0.2, 0.25) is 5.91 Å². The second-order valence-corrected chi connectivity index (χ2v) is 9.29. The molecular weight excluding hydrogens is 366 g/mol. The topological polar surface area (TPSA) is 61.9 Å². The van der Waals surface area contributed by atoms with Crippen molar-refractivity contribution in [1.82, 2.24) is 10.2 Å². The van der Waals surface area contributed by atoms with Crippen LogP contribution in [0.1, 0.15) is 58.9 Å². The smallest absolute Gasteiger partial charge is 0.265 e. The fourth-order valence-electron chi connectivity index (χ4n) is 4.04. The molecule has 1 saturated heterocycles. The molecular formula is C23H35N3O3. The third-order valence-corrected chi connectivity index (χ3v) is 5.95. The van der Waals surface area contributed by atoms with Crippen molar-refractivity contribution in [3.05, 3.63) is 23.8 Å². The molecule has 0 saturated carbocycles. The summed E-state index contributed by atoms with van der Waals surface area (Å²) < 4.78 is 5.56. The van der Waals surface area contributed by atoms with Gasteiger partial charge in [-0.15, -0.1) is 0 Å². The van der Waals surface area contributed by atoms with Gasteiger partial charge in [-0.1, -0.05) is 33.3 Å². The van der Waals surface area contributed by atoms with Crippen molar-refractivity contribution in [2.75, 3.05) is 37.7 Å². The molecule has 1 atom stereocenters. The van der Waals surface area contributed by atoms with E-state index < -0.39 is 0 Å². The van der Waals surface area contributed by atoms with E-state index in [0.29, 0.717) is 24.0 Å². The maximum Gasteiger partial charge on any atom is 0.265 e. The van der Waals surface area contributed by atoms with E-state index in [9.17, 15) is 9.59 Å². The summed E-state index contributed by atoms with van der Waals surface area (Å²) in [5.74, 6) is 0.351. The second kappa shape index (κ2) is 9.16. The lowest BCUT2D eigenvalue weighted by Gasteiger charge is -2.33. The first kappa shape index (κ1) is 21.6. The van der Waals surface area contributed by atoms with Crippen molar-refractivity contribution in [3.8, 4) is 5.75 Å². The van der Waals surface area contributed by atoms with E-state index in [1.165, 1.54) is 19.3 Å². The normalized spacial score (nSPS) is 20.2. The number of likely N-dealkylation sites (tertiary alicyclic amines) is 1. The molecule has 3 rings (SSSR count). The molecule has 0 aliphatic carbocycles. The average Bonchev–Trinajstić information content (AvgIpc) is 2.67. The SMILES string of the molecule is C[C@@H]1CCCCN1CCCNC(=O)CN1C(=O)COc2ccc(C(C)(C)C)cc21. The van der Waals surface area contributed by atoms with Gasteiger partial charge in [-0.3, -0.25) is 14.5 Å². The number of rotatable bonds is 6. The number of nitrogens with one attached hydrogen (secondary N) is 1. The molecule has 1 fully saturated rings. The standard InChI is InChI=1S/C23H35N3O3/c1-17-8-5-6-12-25(17)13-7-11-24-21(27)15-26-19-14-18(23(2,3)4)9-10-20(19)29-16-22(26)28/h9-10,14,17H,5-8,11-13,15-16H2,1-4H3,(H,24,27)/t17-/m1/s1. The molecule has 1 N–H and O–H groups in total. The fourth-order valence-corrected chi connectivity index (χ4v) is 4.04. The highest BCUT2D eigenvalue weighted by Crippen LogP contribution is 2.36. The largest absolute Gasteiger partial charge is 0.482 e. The van der Waals surface area contributed by atoms with Crippen LogP contribution >= 0.6 is 0 Å². The Hall–Kier alpha value is -2.08. The minimum absolute atomic E-state index is 0.0258. The molecule has 6 nitrogen and oxygen atoms in total. The van der Waals surface area contributed by atoms with Crippen LogP contribution < -0.4 is 15.0 Å². The van der Waals surface area contributed by atoms with E-state index in [1.54, 1.807) is 4.90 Å². The predicted molar refractivity (Wildman–Crippen MR) is 116 cm³/mol. The number of carbonyl (C=O) groups is 2. The van der Waals surface area contributed by atoms with E-state index in [0.717, 1.165) is 25.1 Å². The Bertz CT molecular complexity index is 741. The van der Waals surface area contributed by atoms with Gasteiger partial charge in [0, 0.05) is 19.1 Å². The number of ether oxygens (including phenoxy) is 1. The zero-order chi connectivity index (χ0) is 21.0. The van der Waals surface area contributed by atoms with Gasteiger partial charge in [-0.05, 0) is 55.8 Å². The van der Waals surface area contributed by atoms with Crippen molar-refractivity contribution in [2.45, 2.75) is 64.8 Å².